The van der Waals surface area contributed by atoms with Crippen LogP contribution < -0.4 is 11.3 Å². The molecule has 1 aliphatic rings. The number of halogens is 3. The van der Waals surface area contributed by atoms with E-state index in [2.05, 4.69) is 5.43 Å². The molecule has 2 rings (SSSR count). The zero-order valence-corrected chi connectivity index (χ0v) is 8.84. The summed E-state index contributed by atoms with van der Waals surface area (Å²) < 4.78 is 44.7. The normalized spacial score (nSPS) is 16.6. The van der Waals surface area contributed by atoms with Crippen LogP contribution >= 0.6 is 0 Å². The highest BCUT2D eigenvalue weighted by Crippen LogP contribution is 2.29. The number of nitrogens with two attached hydrogens (primary N) is 1. The van der Waals surface area contributed by atoms with Crippen molar-refractivity contribution >= 4 is 0 Å². The SMILES string of the molecule is NNC(C1=CCCO1)c1ccc(F)c(F)c1F. The largest absolute Gasteiger partial charge is 0.496 e. The third kappa shape index (κ3) is 2.13. The molecule has 0 saturated heterocycles. The number of ether oxygens (including phenoxy) is 1. The molecular formula is C11H11F3N2O. The van der Waals surface area contributed by atoms with Gasteiger partial charge in [0.15, 0.2) is 17.5 Å². The van der Waals surface area contributed by atoms with Gasteiger partial charge in [0.05, 0.1) is 6.61 Å². The molecule has 17 heavy (non-hydrogen) atoms. The second-order valence-corrected chi connectivity index (χ2v) is 3.61. The molecule has 0 fully saturated rings. The molecule has 0 amide bonds. The lowest BCUT2D eigenvalue weighted by molar-refractivity contribution is 0.214. The highest BCUT2D eigenvalue weighted by atomic mass is 19.2. The second-order valence-electron chi connectivity index (χ2n) is 3.61. The molecule has 1 aromatic rings. The summed E-state index contributed by atoms with van der Waals surface area (Å²) in [7, 11) is 0. The zero-order valence-electron chi connectivity index (χ0n) is 8.84. The lowest BCUT2D eigenvalue weighted by Gasteiger charge is -2.18. The maximum Gasteiger partial charge on any atom is 0.194 e. The van der Waals surface area contributed by atoms with Crippen molar-refractivity contribution in [3.63, 3.8) is 0 Å². The molecule has 0 bridgehead atoms. The molecule has 1 heterocycles. The fraction of sp³-hybridized carbons (Fsp3) is 0.273. The van der Waals surface area contributed by atoms with E-state index < -0.39 is 23.5 Å². The highest BCUT2D eigenvalue weighted by molar-refractivity contribution is 5.29. The molecule has 3 N–H and O–H groups in total. The number of nitrogens with one attached hydrogen (secondary N) is 1. The Balaban J connectivity index is 2.41. The molecule has 0 spiro atoms. The van der Waals surface area contributed by atoms with Crippen molar-refractivity contribution in [3.8, 4) is 0 Å². The van der Waals surface area contributed by atoms with Crippen molar-refractivity contribution in [2.45, 2.75) is 12.5 Å². The van der Waals surface area contributed by atoms with Gasteiger partial charge in [-0.3, -0.25) is 5.84 Å². The number of hydrogen-bond donors (Lipinski definition) is 2. The van der Waals surface area contributed by atoms with E-state index in [1.54, 1.807) is 6.08 Å². The molecule has 6 heteroatoms. The average molecular weight is 244 g/mol. The van der Waals surface area contributed by atoms with Gasteiger partial charge in [0.1, 0.15) is 11.8 Å². The monoisotopic (exact) mass is 244 g/mol. The third-order valence-electron chi connectivity index (χ3n) is 2.56. The Hall–Kier alpha value is -1.53. The smallest absolute Gasteiger partial charge is 0.194 e. The summed E-state index contributed by atoms with van der Waals surface area (Å²) in [5, 5.41) is 0. The zero-order chi connectivity index (χ0) is 12.4. The summed E-state index contributed by atoms with van der Waals surface area (Å²) in [6.07, 6.45) is 2.41. The van der Waals surface area contributed by atoms with Crippen molar-refractivity contribution in [2.24, 2.45) is 5.84 Å². The van der Waals surface area contributed by atoms with Gasteiger partial charge in [0.25, 0.3) is 0 Å². The van der Waals surface area contributed by atoms with E-state index in [9.17, 15) is 13.2 Å². The molecule has 1 atom stereocenters. The van der Waals surface area contributed by atoms with Gasteiger partial charge >= 0.3 is 0 Å². The average Bonchev–Trinajstić information content (AvgIpc) is 2.84. The van der Waals surface area contributed by atoms with Crippen LogP contribution in [-0.4, -0.2) is 6.61 Å². The van der Waals surface area contributed by atoms with Crippen LogP contribution in [0.25, 0.3) is 0 Å². The molecule has 1 aromatic carbocycles. The molecule has 0 radical (unpaired) electrons. The van der Waals surface area contributed by atoms with Crippen LogP contribution in [0.1, 0.15) is 18.0 Å². The number of hydrazine groups is 1. The van der Waals surface area contributed by atoms with E-state index in [1.807, 2.05) is 0 Å². The fourth-order valence-corrected chi connectivity index (χ4v) is 1.73. The molecule has 3 nitrogen and oxygen atoms in total. The van der Waals surface area contributed by atoms with Crippen molar-refractivity contribution in [1.29, 1.82) is 0 Å². The molecular weight excluding hydrogens is 233 g/mol. The minimum atomic E-state index is -1.51. The molecule has 0 aromatic heterocycles. The van der Waals surface area contributed by atoms with Gasteiger partial charge in [-0.1, -0.05) is 6.07 Å². The van der Waals surface area contributed by atoms with Crippen molar-refractivity contribution < 1.29 is 17.9 Å². The number of rotatable bonds is 3. The highest BCUT2D eigenvalue weighted by Gasteiger charge is 2.25. The predicted octanol–water partition coefficient (Wildman–Crippen LogP) is 1.91. The lowest BCUT2D eigenvalue weighted by atomic mass is 10.0. The summed E-state index contributed by atoms with van der Waals surface area (Å²) in [6, 6.07) is 1.18. The van der Waals surface area contributed by atoms with E-state index in [0.717, 1.165) is 12.1 Å². The van der Waals surface area contributed by atoms with Crippen LogP contribution in [0.15, 0.2) is 24.0 Å². The summed E-state index contributed by atoms with van der Waals surface area (Å²) >= 11 is 0. The Morgan fingerprint density at radius 1 is 1.24 bits per heavy atom. The minimum Gasteiger partial charge on any atom is -0.496 e. The topological polar surface area (TPSA) is 47.3 Å². The van der Waals surface area contributed by atoms with Gasteiger partial charge in [-0.15, -0.1) is 0 Å². The predicted molar refractivity (Wildman–Crippen MR) is 55.0 cm³/mol. The Labute approximate surface area is 96.0 Å². The fourth-order valence-electron chi connectivity index (χ4n) is 1.73. The molecule has 0 saturated carbocycles. The van der Waals surface area contributed by atoms with E-state index in [0.29, 0.717) is 18.8 Å². The first kappa shape index (κ1) is 11.9. The van der Waals surface area contributed by atoms with Gasteiger partial charge in [0.2, 0.25) is 0 Å². The first-order chi connectivity index (χ1) is 8.15. The van der Waals surface area contributed by atoms with Crippen LogP contribution in [-0.2, 0) is 4.74 Å². The third-order valence-corrected chi connectivity index (χ3v) is 2.56. The quantitative estimate of drug-likeness (QED) is 0.485. The van der Waals surface area contributed by atoms with E-state index >= 15 is 0 Å². The molecule has 1 unspecified atom stereocenters. The number of benzene rings is 1. The van der Waals surface area contributed by atoms with E-state index in [4.69, 9.17) is 10.6 Å². The van der Waals surface area contributed by atoms with Crippen LogP contribution in [0.4, 0.5) is 13.2 Å². The van der Waals surface area contributed by atoms with Gasteiger partial charge in [-0.25, -0.2) is 18.6 Å². The first-order valence-electron chi connectivity index (χ1n) is 5.07. The van der Waals surface area contributed by atoms with Crippen molar-refractivity contribution in [1.82, 2.24) is 5.43 Å². The molecule has 0 aliphatic carbocycles. The lowest BCUT2D eigenvalue weighted by Crippen LogP contribution is -2.30. The summed E-state index contributed by atoms with van der Waals surface area (Å²) in [5.41, 5.74) is 2.24. The Kier molecular flexibility index (Phi) is 3.35. The first-order valence-corrected chi connectivity index (χ1v) is 5.07. The van der Waals surface area contributed by atoms with Gasteiger partial charge in [-0.2, -0.15) is 0 Å². The van der Waals surface area contributed by atoms with Crippen molar-refractivity contribution in [3.05, 3.63) is 47.0 Å². The van der Waals surface area contributed by atoms with Gasteiger partial charge in [0, 0.05) is 12.0 Å². The van der Waals surface area contributed by atoms with Crippen molar-refractivity contribution in [2.75, 3.05) is 6.61 Å². The molecule has 1 aliphatic heterocycles. The van der Waals surface area contributed by atoms with E-state index in [1.165, 1.54) is 0 Å². The summed E-state index contributed by atoms with van der Waals surface area (Å²) in [5.74, 6) is 1.70. The minimum absolute atomic E-state index is 0.0837. The summed E-state index contributed by atoms with van der Waals surface area (Å²) in [6.45, 7) is 0.471. The van der Waals surface area contributed by atoms with Crippen LogP contribution in [0.2, 0.25) is 0 Å². The van der Waals surface area contributed by atoms with E-state index in [-0.39, 0.29) is 5.56 Å². The number of hydrogen-bond acceptors (Lipinski definition) is 3. The second kappa shape index (κ2) is 4.77. The standard InChI is InChI=1S/C11H11F3N2O/c12-7-4-3-6(9(13)10(7)14)11(16-15)8-2-1-5-17-8/h2-4,11,16H,1,5,15H2. The van der Waals surface area contributed by atoms with Gasteiger partial charge < -0.3 is 4.74 Å². The Morgan fingerprint density at radius 3 is 2.59 bits per heavy atom. The summed E-state index contributed by atoms with van der Waals surface area (Å²) in [4.78, 5) is 0. The van der Waals surface area contributed by atoms with Crippen LogP contribution in [0.3, 0.4) is 0 Å². The maximum absolute atomic E-state index is 13.6. The van der Waals surface area contributed by atoms with Crippen LogP contribution in [0.5, 0.6) is 0 Å². The van der Waals surface area contributed by atoms with Crippen LogP contribution in [0, 0.1) is 17.5 Å². The Morgan fingerprint density at radius 2 is 2.00 bits per heavy atom. The Bertz CT molecular complexity index is 462. The molecule has 92 valence electrons. The maximum atomic E-state index is 13.6. The van der Waals surface area contributed by atoms with Gasteiger partial charge in [-0.05, 0) is 12.1 Å².